The topological polar surface area (TPSA) is 94.3 Å². The molecule has 0 bridgehead atoms. The van der Waals surface area contributed by atoms with Crippen molar-refractivity contribution in [2.24, 2.45) is 0 Å². The smallest absolute Gasteiger partial charge is 0.258 e. The molecule has 0 N–H and O–H groups in total. The van der Waals surface area contributed by atoms with Crippen molar-refractivity contribution in [3.05, 3.63) is 60.2 Å². The summed E-state index contributed by atoms with van der Waals surface area (Å²) in [5.74, 6) is -1.48. The van der Waals surface area contributed by atoms with E-state index in [1.807, 2.05) is 0 Å². The van der Waals surface area contributed by atoms with E-state index in [2.05, 4.69) is 4.98 Å². The first kappa shape index (κ1) is 20.2. The van der Waals surface area contributed by atoms with Gasteiger partial charge in [0.15, 0.2) is 0 Å². The Kier molecular flexibility index (Phi) is 5.11. The van der Waals surface area contributed by atoms with Gasteiger partial charge in [-0.25, -0.2) is 25.6 Å². The van der Waals surface area contributed by atoms with Gasteiger partial charge in [-0.05, 0) is 62.4 Å². The van der Waals surface area contributed by atoms with Crippen molar-refractivity contribution >= 4 is 19.7 Å². The lowest BCUT2D eigenvalue weighted by Gasteiger charge is -2.07. The molecule has 0 aliphatic heterocycles. The maximum atomic E-state index is 13.2. The minimum atomic E-state index is -4.42. The second kappa shape index (κ2) is 7.10. The van der Waals surface area contributed by atoms with Crippen LogP contribution in [0, 0.1) is 11.6 Å². The van der Waals surface area contributed by atoms with E-state index in [0.717, 1.165) is 36.4 Å². The first-order valence-corrected chi connectivity index (χ1v) is 11.1. The lowest BCUT2D eigenvalue weighted by Crippen LogP contribution is -2.17. The number of benzene rings is 2. The Balaban J connectivity index is 2.27. The van der Waals surface area contributed by atoms with Crippen molar-refractivity contribution in [2.75, 3.05) is 0 Å². The fourth-order valence-electron chi connectivity index (χ4n) is 2.30. The largest absolute Gasteiger partial charge is 0.423 e. The van der Waals surface area contributed by atoms with Crippen LogP contribution in [0.25, 0.3) is 11.5 Å². The highest BCUT2D eigenvalue weighted by molar-refractivity contribution is 7.94. The highest BCUT2D eigenvalue weighted by Crippen LogP contribution is 2.33. The molecule has 0 saturated carbocycles. The lowest BCUT2D eigenvalue weighted by atomic mass is 10.2. The van der Waals surface area contributed by atoms with Crippen LogP contribution in [-0.2, 0) is 19.7 Å². The summed E-state index contributed by atoms with van der Waals surface area (Å²) in [5, 5.41) is -2.60. The maximum absolute atomic E-state index is 13.2. The van der Waals surface area contributed by atoms with E-state index in [4.69, 9.17) is 4.42 Å². The van der Waals surface area contributed by atoms with Crippen molar-refractivity contribution in [1.29, 1.82) is 0 Å². The summed E-state index contributed by atoms with van der Waals surface area (Å²) in [6.45, 7) is 2.73. The van der Waals surface area contributed by atoms with Gasteiger partial charge in [0.25, 0.3) is 5.09 Å². The van der Waals surface area contributed by atoms with Crippen LogP contribution in [0.3, 0.4) is 0 Å². The number of hydrogen-bond acceptors (Lipinski definition) is 6. The zero-order valence-electron chi connectivity index (χ0n) is 14.8. The van der Waals surface area contributed by atoms with Crippen molar-refractivity contribution in [3.8, 4) is 11.5 Å². The summed E-state index contributed by atoms with van der Waals surface area (Å²) >= 11 is 0. The Hall–Kier alpha value is -2.59. The molecule has 2 aromatic carbocycles. The fraction of sp³-hybridized carbons (Fsp3) is 0.167. The average molecular weight is 427 g/mol. The van der Waals surface area contributed by atoms with E-state index >= 15 is 0 Å². The first-order valence-electron chi connectivity index (χ1n) is 8.05. The minimum Gasteiger partial charge on any atom is -0.423 e. The van der Waals surface area contributed by atoms with E-state index in [1.165, 1.54) is 26.0 Å². The van der Waals surface area contributed by atoms with Gasteiger partial charge in [-0.15, -0.1) is 0 Å². The van der Waals surface area contributed by atoms with Crippen LogP contribution in [0.4, 0.5) is 8.78 Å². The predicted molar refractivity (Wildman–Crippen MR) is 96.1 cm³/mol. The molecule has 0 unspecified atom stereocenters. The molecular formula is C18H15F2NO5S2. The fourth-order valence-corrected chi connectivity index (χ4v) is 5.07. The molecule has 0 aliphatic carbocycles. The molecule has 0 spiro atoms. The molecule has 0 amide bonds. The van der Waals surface area contributed by atoms with Crippen LogP contribution < -0.4 is 0 Å². The summed E-state index contributed by atoms with van der Waals surface area (Å²) in [7, 11) is -8.58. The third-order valence-electron chi connectivity index (χ3n) is 3.92. The molecule has 1 aromatic heterocycles. The van der Waals surface area contributed by atoms with E-state index in [9.17, 15) is 25.6 Å². The molecule has 0 atom stereocenters. The maximum Gasteiger partial charge on any atom is 0.258 e. The molecule has 148 valence electrons. The van der Waals surface area contributed by atoms with Crippen molar-refractivity contribution in [1.82, 2.24) is 4.98 Å². The van der Waals surface area contributed by atoms with Crippen molar-refractivity contribution in [3.63, 3.8) is 0 Å². The molecule has 28 heavy (non-hydrogen) atoms. The van der Waals surface area contributed by atoms with Gasteiger partial charge in [-0.1, -0.05) is 0 Å². The normalized spacial score (nSPS) is 12.5. The highest BCUT2D eigenvalue weighted by atomic mass is 32.2. The van der Waals surface area contributed by atoms with Gasteiger partial charge in [-0.3, -0.25) is 0 Å². The lowest BCUT2D eigenvalue weighted by molar-refractivity contribution is 0.442. The van der Waals surface area contributed by atoms with Crippen LogP contribution in [0.1, 0.15) is 13.8 Å². The monoisotopic (exact) mass is 427 g/mol. The summed E-state index contributed by atoms with van der Waals surface area (Å²) in [6, 6.07) is 8.64. The van der Waals surface area contributed by atoms with Gasteiger partial charge in [0.1, 0.15) is 11.6 Å². The number of sulfone groups is 2. The zero-order valence-corrected chi connectivity index (χ0v) is 16.4. The third-order valence-corrected chi connectivity index (χ3v) is 7.76. The molecule has 1 heterocycles. The zero-order chi connectivity index (χ0) is 20.7. The quantitative estimate of drug-likeness (QED) is 0.577. The Labute approximate surface area is 160 Å². The van der Waals surface area contributed by atoms with Gasteiger partial charge in [0.05, 0.1) is 10.1 Å². The van der Waals surface area contributed by atoms with E-state index < -0.39 is 46.7 Å². The van der Waals surface area contributed by atoms with E-state index in [-0.39, 0.29) is 16.3 Å². The number of oxazole rings is 1. The molecular weight excluding hydrogens is 412 g/mol. The van der Waals surface area contributed by atoms with Crippen LogP contribution >= 0.6 is 0 Å². The van der Waals surface area contributed by atoms with Crippen LogP contribution in [0.5, 0.6) is 0 Å². The Morgan fingerprint density at radius 2 is 1.36 bits per heavy atom. The minimum absolute atomic E-state index is 0.196. The molecule has 3 rings (SSSR count). The van der Waals surface area contributed by atoms with Gasteiger partial charge >= 0.3 is 0 Å². The molecule has 3 aromatic rings. The predicted octanol–water partition coefficient (Wildman–Crippen LogP) is 3.63. The second-order valence-electron chi connectivity index (χ2n) is 6.17. The van der Waals surface area contributed by atoms with Gasteiger partial charge in [0.2, 0.25) is 30.6 Å². The highest BCUT2D eigenvalue weighted by Gasteiger charge is 2.36. The molecule has 10 heteroatoms. The standard InChI is InChI=1S/C18H15F2NO5S2/c1-11(2)27(22,23)18-17(28(24,25)15-9-7-14(20)8-10-15)21-16(26-18)12-3-5-13(19)6-4-12/h3-11H,1-2H3. The van der Waals surface area contributed by atoms with E-state index in [1.54, 1.807) is 0 Å². The molecule has 0 radical (unpaired) electrons. The van der Waals surface area contributed by atoms with Gasteiger partial charge in [-0.2, -0.15) is 4.98 Å². The summed E-state index contributed by atoms with van der Waals surface area (Å²) in [4.78, 5) is 3.54. The Bertz CT molecular complexity index is 1210. The molecule has 6 nitrogen and oxygen atoms in total. The molecule has 0 fully saturated rings. The van der Waals surface area contributed by atoms with Crippen LogP contribution in [0.15, 0.2) is 68.0 Å². The van der Waals surface area contributed by atoms with Crippen LogP contribution in [0.2, 0.25) is 0 Å². The molecule has 0 aliphatic rings. The summed E-state index contributed by atoms with van der Waals surface area (Å²) < 4.78 is 82.9. The number of aromatic nitrogens is 1. The summed E-state index contributed by atoms with van der Waals surface area (Å²) in [5.41, 5.74) is 0.196. The SMILES string of the molecule is CC(C)S(=O)(=O)c1oc(-c2ccc(F)cc2)nc1S(=O)(=O)c1ccc(F)cc1. The van der Waals surface area contributed by atoms with Crippen molar-refractivity contribution < 1.29 is 30.0 Å². The van der Waals surface area contributed by atoms with E-state index in [0.29, 0.717) is 0 Å². The summed E-state index contributed by atoms with van der Waals surface area (Å²) in [6.07, 6.45) is 0. The van der Waals surface area contributed by atoms with Gasteiger partial charge in [0, 0.05) is 5.56 Å². The average Bonchev–Trinajstić information content (AvgIpc) is 3.09. The number of halogens is 2. The number of hydrogen-bond donors (Lipinski definition) is 0. The number of nitrogens with zero attached hydrogens (tertiary/aromatic N) is 1. The second-order valence-corrected chi connectivity index (χ2v) is 10.4. The third kappa shape index (κ3) is 3.57. The molecule has 0 saturated heterocycles. The van der Waals surface area contributed by atoms with Gasteiger partial charge < -0.3 is 4.42 Å². The Morgan fingerprint density at radius 3 is 1.86 bits per heavy atom. The van der Waals surface area contributed by atoms with Crippen molar-refractivity contribution in [2.45, 2.75) is 34.1 Å². The number of rotatable bonds is 5. The first-order chi connectivity index (χ1) is 13.0. The van der Waals surface area contributed by atoms with Crippen LogP contribution in [-0.4, -0.2) is 27.1 Å². The Morgan fingerprint density at radius 1 is 0.857 bits per heavy atom.